The Balaban J connectivity index is 1.78. The average Bonchev–Trinajstić information content (AvgIpc) is 2.47. The molecule has 2 atom stereocenters. The summed E-state index contributed by atoms with van der Waals surface area (Å²) in [6, 6.07) is 7.39. The number of hydrogen-bond acceptors (Lipinski definition) is 4. The summed E-state index contributed by atoms with van der Waals surface area (Å²) in [6.07, 6.45) is 0.499. The number of hydrogen-bond donors (Lipinski definition) is 3. The fraction of sp³-hybridized carbons (Fsp3) is 0.429. The van der Waals surface area contributed by atoms with Gasteiger partial charge in [0.2, 0.25) is 5.91 Å². The summed E-state index contributed by atoms with van der Waals surface area (Å²) in [7, 11) is 0. The van der Waals surface area contributed by atoms with Crippen molar-refractivity contribution in [1.82, 2.24) is 10.6 Å². The number of anilines is 1. The molecule has 2 aliphatic heterocycles. The number of nitrogens with one attached hydrogen (secondary N) is 3. The Hall–Kier alpha value is -1.72. The zero-order valence-corrected chi connectivity index (χ0v) is 10.6. The van der Waals surface area contributed by atoms with Gasteiger partial charge in [-0.1, -0.05) is 18.2 Å². The molecule has 0 spiro atoms. The van der Waals surface area contributed by atoms with Crippen molar-refractivity contribution in [2.24, 2.45) is 5.92 Å². The van der Waals surface area contributed by atoms with Crippen molar-refractivity contribution >= 4 is 17.4 Å². The quantitative estimate of drug-likeness (QED) is 0.650. The topological polar surface area (TPSA) is 70.2 Å². The van der Waals surface area contributed by atoms with Crippen molar-refractivity contribution in [2.75, 3.05) is 25.0 Å². The lowest BCUT2D eigenvalue weighted by atomic mass is 9.86. The molecule has 2 unspecified atom stereocenters. The van der Waals surface area contributed by atoms with Crippen LogP contribution in [0.2, 0.25) is 0 Å². The van der Waals surface area contributed by atoms with Crippen molar-refractivity contribution in [3.8, 4) is 0 Å². The molecule has 5 nitrogen and oxygen atoms in total. The Morgan fingerprint density at radius 2 is 2.05 bits per heavy atom. The van der Waals surface area contributed by atoms with E-state index < -0.39 is 5.92 Å². The van der Waals surface area contributed by atoms with Gasteiger partial charge in [0, 0.05) is 25.3 Å². The molecule has 0 aliphatic carbocycles. The number of para-hydroxylation sites is 1. The van der Waals surface area contributed by atoms with E-state index in [0.717, 1.165) is 24.3 Å². The Labute approximate surface area is 111 Å². The lowest BCUT2D eigenvalue weighted by molar-refractivity contribution is -0.132. The molecule has 3 N–H and O–H groups in total. The second-order valence-corrected chi connectivity index (χ2v) is 5.02. The lowest BCUT2D eigenvalue weighted by Crippen LogP contribution is -2.55. The van der Waals surface area contributed by atoms with Crippen LogP contribution in [0.15, 0.2) is 24.3 Å². The predicted molar refractivity (Wildman–Crippen MR) is 71.9 cm³/mol. The summed E-state index contributed by atoms with van der Waals surface area (Å²) in [4.78, 5) is 24.5. The number of benzene rings is 1. The normalized spacial score (nSPS) is 26.4. The fourth-order valence-electron chi connectivity index (χ4n) is 2.68. The lowest BCUT2D eigenvalue weighted by Gasteiger charge is -2.29. The second kappa shape index (κ2) is 5.11. The molecular formula is C14H17N3O2. The van der Waals surface area contributed by atoms with Crippen LogP contribution in [0.5, 0.6) is 0 Å². The van der Waals surface area contributed by atoms with Crippen LogP contribution in [0, 0.1) is 5.92 Å². The molecule has 0 saturated carbocycles. The van der Waals surface area contributed by atoms with Crippen LogP contribution in [-0.4, -0.2) is 37.4 Å². The number of Topliss-reactive ketones (excluding diaryl/α,β-unsaturated/α-hetero) is 1. The van der Waals surface area contributed by atoms with Gasteiger partial charge in [0.25, 0.3) is 0 Å². The molecule has 3 rings (SSSR count). The Bertz CT molecular complexity index is 509. The first-order valence-electron chi connectivity index (χ1n) is 6.62. The number of piperazine rings is 1. The van der Waals surface area contributed by atoms with E-state index in [1.165, 1.54) is 0 Å². The van der Waals surface area contributed by atoms with E-state index >= 15 is 0 Å². The molecule has 1 aromatic carbocycles. The molecule has 2 heterocycles. The van der Waals surface area contributed by atoms with E-state index in [1.807, 2.05) is 24.3 Å². The van der Waals surface area contributed by atoms with Gasteiger partial charge < -0.3 is 16.0 Å². The van der Waals surface area contributed by atoms with Crippen molar-refractivity contribution in [3.63, 3.8) is 0 Å². The number of amides is 1. The molecule has 1 aromatic rings. The molecule has 1 amide bonds. The third-order valence-corrected chi connectivity index (χ3v) is 3.74. The molecule has 0 radical (unpaired) electrons. The van der Waals surface area contributed by atoms with Crippen molar-refractivity contribution in [2.45, 2.75) is 12.5 Å². The summed E-state index contributed by atoms with van der Waals surface area (Å²) in [6.45, 7) is 2.23. The minimum atomic E-state index is -0.577. The maximum absolute atomic E-state index is 12.4. The van der Waals surface area contributed by atoms with Gasteiger partial charge in [0.15, 0.2) is 5.78 Å². The van der Waals surface area contributed by atoms with E-state index in [2.05, 4.69) is 16.0 Å². The van der Waals surface area contributed by atoms with Crippen molar-refractivity contribution in [1.29, 1.82) is 0 Å². The molecule has 0 aromatic heterocycles. The summed E-state index contributed by atoms with van der Waals surface area (Å²) in [5, 5.41) is 9.16. The highest BCUT2D eigenvalue weighted by molar-refractivity contribution is 6.10. The van der Waals surface area contributed by atoms with Gasteiger partial charge in [-0.15, -0.1) is 0 Å². The maximum atomic E-state index is 12.4. The molecular weight excluding hydrogens is 242 g/mol. The highest BCUT2D eigenvalue weighted by atomic mass is 16.2. The van der Waals surface area contributed by atoms with Crippen molar-refractivity contribution < 1.29 is 9.59 Å². The van der Waals surface area contributed by atoms with E-state index in [-0.39, 0.29) is 17.7 Å². The van der Waals surface area contributed by atoms with Gasteiger partial charge in [-0.2, -0.15) is 0 Å². The van der Waals surface area contributed by atoms with Gasteiger partial charge in [0.1, 0.15) is 5.92 Å². The predicted octanol–water partition coefficient (Wildman–Crippen LogP) is -0.0721. The number of carbonyl (C=O) groups excluding carboxylic acids is 2. The average molecular weight is 259 g/mol. The molecule has 1 fully saturated rings. The van der Waals surface area contributed by atoms with E-state index in [9.17, 15) is 9.59 Å². The summed E-state index contributed by atoms with van der Waals surface area (Å²) >= 11 is 0. The van der Waals surface area contributed by atoms with Crippen LogP contribution in [0.4, 0.5) is 5.69 Å². The number of fused-ring (bicyclic) bond motifs is 1. The van der Waals surface area contributed by atoms with Gasteiger partial charge in [0.05, 0.1) is 6.04 Å². The van der Waals surface area contributed by atoms with Crippen LogP contribution in [0.1, 0.15) is 5.56 Å². The second-order valence-electron chi connectivity index (χ2n) is 5.02. The molecule has 100 valence electrons. The SMILES string of the molecule is O=C1Nc2ccccc2CC1C(=O)C1CNCCN1. The van der Waals surface area contributed by atoms with Crippen LogP contribution >= 0.6 is 0 Å². The van der Waals surface area contributed by atoms with Crippen LogP contribution < -0.4 is 16.0 Å². The monoisotopic (exact) mass is 259 g/mol. The third-order valence-electron chi connectivity index (χ3n) is 3.74. The zero-order valence-electron chi connectivity index (χ0n) is 10.6. The minimum absolute atomic E-state index is 0.0146. The largest absolute Gasteiger partial charge is 0.325 e. The fourth-order valence-corrected chi connectivity index (χ4v) is 2.68. The van der Waals surface area contributed by atoms with E-state index in [0.29, 0.717) is 13.0 Å². The summed E-state index contributed by atoms with van der Waals surface area (Å²) < 4.78 is 0. The van der Waals surface area contributed by atoms with Gasteiger partial charge in [-0.25, -0.2) is 0 Å². The molecule has 5 heteroatoms. The first kappa shape index (κ1) is 12.3. The molecule has 19 heavy (non-hydrogen) atoms. The Kier molecular flexibility index (Phi) is 3.31. The zero-order chi connectivity index (χ0) is 13.2. The summed E-state index contributed by atoms with van der Waals surface area (Å²) in [5.74, 6) is -0.775. The van der Waals surface area contributed by atoms with Crippen LogP contribution in [0.25, 0.3) is 0 Å². The van der Waals surface area contributed by atoms with Crippen LogP contribution in [0.3, 0.4) is 0 Å². The summed E-state index contributed by atoms with van der Waals surface area (Å²) in [5.41, 5.74) is 1.86. The molecule has 0 bridgehead atoms. The Morgan fingerprint density at radius 3 is 2.84 bits per heavy atom. The highest BCUT2D eigenvalue weighted by Gasteiger charge is 2.36. The van der Waals surface area contributed by atoms with Gasteiger partial charge in [-0.3, -0.25) is 9.59 Å². The van der Waals surface area contributed by atoms with E-state index in [4.69, 9.17) is 0 Å². The standard InChI is InChI=1S/C14H17N3O2/c18-13(12-8-15-5-6-16-12)10-7-9-3-1-2-4-11(9)17-14(10)19/h1-4,10,12,15-16H,5-8H2,(H,17,19). The van der Waals surface area contributed by atoms with Crippen LogP contribution in [-0.2, 0) is 16.0 Å². The minimum Gasteiger partial charge on any atom is -0.325 e. The number of rotatable bonds is 2. The Morgan fingerprint density at radius 1 is 1.21 bits per heavy atom. The smallest absolute Gasteiger partial charge is 0.235 e. The highest BCUT2D eigenvalue weighted by Crippen LogP contribution is 2.26. The third kappa shape index (κ3) is 2.39. The van der Waals surface area contributed by atoms with Crippen molar-refractivity contribution in [3.05, 3.63) is 29.8 Å². The molecule has 1 saturated heterocycles. The maximum Gasteiger partial charge on any atom is 0.235 e. The van der Waals surface area contributed by atoms with E-state index in [1.54, 1.807) is 0 Å². The van der Waals surface area contributed by atoms with Gasteiger partial charge >= 0.3 is 0 Å². The first-order chi connectivity index (χ1) is 9.25. The molecule has 2 aliphatic rings. The number of ketones is 1. The first-order valence-corrected chi connectivity index (χ1v) is 6.62. The number of carbonyl (C=O) groups is 2. The van der Waals surface area contributed by atoms with Gasteiger partial charge in [-0.05, 0) is 18.1 Å².